The van der Waals surface area contributed by atoms with E-state index in [9.17, 15) is 22.4 Å². The van der Waals surface area contributed by atoms with Crippen molar-refractivity contribution in [3.63, 3.8) is 0 Å². The van der Waals surface area contributed by atoms with Crippen molar-refractivity contribution in [1.82, 2.24) is 10.0 Å². The molecule has 0 radical (unpaired) electrons. The molecule has 1 aromatic carbocycles. The van der Waals surface area contributed by atoms with E-state index in [-0.39, 0.29) is 18.5 Å². The highest BCUT2D eigenvalue weighted by molar-refractivity contribution is 8.01. The Morgan fingerprint density at radius 3 is 2.48 bits per heavy atom. The Morgan fingerprint density at radius 2 is 1.92 bits per heavy atom. The predicted octanol–water partition coefficient (Wildman–Crippen LogP) is 0.717. The molecule has 25 heavy (non-hydrogen) atoms. The monoisotopic (exact) mass is 366 g/mol. The van der Waals surface area contributed by atoms with Gasteiger partial charge >= 0.3 is 0 Å². The zero-order chi connectivity index (χ0) is 18.2. The third kappa shape index (κ3) is 2.85. The minimum Gasteiger partial charge on any atom is -0.313 e. The van der Waals surface area contributed by atoms with Crippen molar-refractivity contribution in [2.75, 3.05) is 5.75 Å². The van der Waals surface area contributed by atoms with Gasteiger partial charge in [-0.1, -0.05) is 30.3 Å². The Kier molecular flexibility index (Phi) is 4.21. The van der Waals surface area contributed by atoms with Crippen LogP contribution in [0.4, 0.5) is 4.39 Å². The SMILES string of the molecule is O=C(NO)[C@]1(CCn2ccc(-c3ccccc3)c(F)c2=O)CS1(=O)=O. The van der Waals surface area contributed by atoms with E-state index >= 15 is 0 Å². The lowest BCUT2D eigenvalue weighted by molar-refractivity contribution is -0.130. The largest absolute Gasteiger partial charge is 0.313 e. The molecule has 0 aliphatic carbocycles. The lowest BCUT2D eigenvalue weighted by Gasteiger charge is -2.12. The molecule has 3 rings (SSSR count). The van der Waals surface area contributed by atoms with Gasteiger partial charge in [0.15, 0.2) is 20.4 Å². The lowest BCUT2D eigenvalue weighted by atomic mass is 10.1. The summed E-state index contributed by atoms with van der Waals surface area (Å²) in [7, 11) is -3.66. The molecule has 1 aliphatic heterocycles. The maximum absolute atomic E-state index is 14.4. The Morgan fingerprint density at radius 1 is 1.28 bits per heavy atom. The summed E-state index contributed by atoms with van der Waals surface area (Å²) in [6.07, 6.45) is 1.12. The van der Waals surface area contributed by atoms with Gasteiger partial charge in [-0.3, -0.25) is 14.8 Å². The van der Waals surface area contributed by atoms with Crippen LogP contribution in [0, 0.1) is 5.82 Å². The molecule has 1 aliphatic rings. The summed E-state index contributed by atoms with van der Waals surface area (Å²) in [4.78, 5) is 23.8. The summed E-state index contributed by atoms with van der Waals surface area (Å²) < 4.78 is 37.0. The van der Waals surface area contributed by atoms with Crippen LogP contribution < -0.4 is 11.0 Å². The van der Waals surface area contributed by atoms with Gasteiger partial charge in [0, 0.05) is 18.3 Å². The van der Waals surface area contributed by atoms with Gasteiger partial charge in [0.1, 0.15) is 0 Å². The molecule has 1 fully saturated rings. The normalized spacial score (nSPS) is 20.9. The molecule has 132 valence electrons. The number of carbonyl (C=O) groups excluding carboxylic acids is 1. The Bertz CT molecular complexity index is 987. The van der Waals surface area contributed by atoms with Crippen molar-refractivity contribution in [2.24, 2.45) is 0 Å². The van der Waals surface area contributed by atoms with Crippen LogP contribution in [0.3, 0.4) is 0 Å². The lowest BCUT2D eigenvalue weighted by Crippen LogP contribution is -2.38. The van der Waals surface area contributed by atoms with Gasteiger partial charge in [0.25, 0.3) is 11.5 Å². The number of halogens is 1. The van der Waals surface area contributed by atoms with E-state index in [1.807, 2.05) is 0 Å². The molecule has 7 nitrogen and oxygen atoms in total. The van der Waals surface area contributed by atoms with Crippen molar-refractivity contribution in [1.29, 1.82) is 0 Å². The highest BCUT2D eigenvalue weighted by atomic mass is 32.2. The number of sulfone groups is 1. The molecule has 0 saturated carbocycles. The van der Waals surface area contributed by atoms with Crippen molar-refractivity contribution in [2.45, 2.75) is 17.7 Å². The smallest absolute Gasteiger partial charge is 0.287 e. The van der Waals surface area contributed by atoms with Gasteiger partial charge < -0.3 is 4.57 Å². The first-order valence-corrected chi connectivity index (χ1v) is 9.09. The number of hydrogen-bond acceptors (Lipinski definition) is 5. The third-order valence-corrected chi connectivity index (χ3v) is 6.64. The van der Waals surface area contributed by atoms with Crippen LogP contribution in [0.2, 0.25) is 0 Å². The van der Waals surface area contributed by atoms with E-state index in [1.54, 1.807) is 30.3 Å². The number of nitrogens with zero attached hydrogens (tertiary/aromatic N) is 1. The van der Waals surface area contributed by atoms with E-state index in [0.717, 1.165) is 4.57 Å². The average molecular weight is 366 g/mol. The number of hydrogen-bond donors (Lipinski definition) is 2. The maximum atomic E-state index is 14.4. The van der Waals surface area contributed by atoms with Crippen LogP contribution in [0.15, 0.2) is 47.4 Å². The van der Waals surface area contributed by atoms with Crippen molar-refractivity contribution in [3.05, 3.63) is 58.8 Å². The fourth-order valence-corrected chi connectivity index (χ4v) is 4.64. The first-order valence-electron chi connectivity index (χ1n) is 7.43. The molecule has 1 atom stereocenters. The van der Waals surface area contributed by atoms with E-state index in [1.165, 1.54) is 17.7 Å². The van der Waals surface area contributed by atoms with Crippen molar-refractivity contribution < 1.29 is 22.8 Å². The number of amides is 1. The first kappa shape index (κ1) is 17.3. The quantitative estimate of drug-likeness (QED) is 0.461. The summed E-state index contributed by atoms with van der Waals surface area (Å²) in [5, 5.41) is 8.71. The third-order valence-electron chi connectivity index (χ3n) is 4.39. The van der Waals surface area contributed by atoms with Gasteiger partial charge in [-0.25, -0.2) is 18.3 Å². The molecule has 1 aromatic heterocycles. The Hall–Kier alpha value is -2.52. The van der Waals surface area contributed by atoms with Gasteiger partial charge in [0.05, 0.1) is 5.75 Å². The minimum absolute atomic E-state index is 0.142. The number of benzene rings is 1. The number of hydroxylamine groups is 1. The summed E-state index contributed by atoms with van der Waals surface area (Å²) in [6, 6.07) is 9.96. The van der Waals surface area contributed by atoms with Crippen LogP contribution in [0.1, 0.15) is 6.42 Å². The van der Waals surface area contributed by atoms with Crippen molar-refractivity contribution in [3.8, 4) is 11.1 Å². The van der Waals surface area contributed by atoms with Crippen LogP contribution in [0.25, 0.3) is 11.1 Å². The molecule has 0 bridgehead atoms. The fraction of sp³-hybridized carbons (Fsp3) is 0.250. The van der Waals surface area contributed by atoms with Gasteiger partial charge in [-0.2, -0.15) is 0 Å². The molecule has 2 aromatic rings. The molecule has 1 amide bonds. The van der Waals surface area contributed by atoms with Gasteiger partial charge in [0.2, 0.25) is 0 Å². The number of aryl methyl sites for hydroxylation is 1. The molecule has 2 N–H and O–H groups in total. The number of rotatable bonds is 5. The van der Waals surface area contributed by atoms with Crippen LogP contribution >= 0.6 is 0 Å². The van der Waals surface area contributed by atoms with E-state index in [4.69, 9.17) is 5.21 Å². The summed E-state index contributed by atoms with van der Waals surface area (Å²) in [5.41, 5.74) is 1.12. The zero-order valence-electron chi connectivity index (χ0n) is 13.0. The molecule has 2 heterocycles. The molecule has 9 heteroatoms. The van der Waals surface area contributed by atoms with Gasteiger partial charge in [-0.05, 0) is 18.1 Å². The highest BCUT2D eigenvalue weighted by Gasteiger charge is 2.66. The highest BCUT2D eigenvalue weighted by Crippen LogP contribution is 2.40. The number of aromatic nitrogens is 1. The van der Waals surface area contributed by atoms with Crippen molar-refractivity contribution >= 4 is 15.7 Å². The van der Waals surface area contributed by atoms with E-state index < -0.39 is 37.6 Å². The zero-order valence-corrected chi connectivity index (χ0v) is 13.8. The molecule has 1 saturated heterocycles. The number of pyridine rings is 1. The minimum atomic E-state index is -3.66. The number of nitrogens with one attached hydrogen (secondary N) is 1. The second-order valence-corrected chi connectivity index (χ2v) is 8.15. The van der Waals surface area contributed by atoms with E-state index in [2.05, 4.69) is 0 Å². The first-order chi connectivity index (χ1) is 11.8. The molecule has 0 spiro atoms. The fourth-order valence-electron chi connectivity index (χ4n) is 2.79. The standard InChI is InChI=1S/C16H15FN2O5S/c17-13-12(11-4-2-1-3-5-11)6-8-19(14(13)20)9-7-16(15(21)18-22)10-25(16,23)24/h1-6,8,22H,7,9-10H2,(H,18,21)/t16-/m0/s1. The average Bonchev–Trinajstić information content (AvgIpc) is 3.18. The summed E-state index contributed by atoms with van der Waals surface area (Å²) in [6.45, 7) is -0.169. The molecular weight excluding hydrogens is 351 g/mol. The van der Waals surface area contributed by atoms with Crippen LogP contribution in [-0.4, -0.2) is 34.6 Å². The molecule has 0 unspecified atom stereocenters. The Balaban J connectivity index is 1.87. The van der Waals surface area contributed by atoms with Gasteiger partial charge in [-0.15, -0.1) is 0 Å². The van der Waals surface area contributed by atoms with Crippen LogP contribution in [-0.2, 0) is 21.2 Å². The van der Waals surface area contributed by atoms with Crippen LogP contribution in [0.5, 0.6) is 0 Å². The van der Waals surface area contributed by atoms with E-state index in [0.29, 0.717) is 5.56 Å². The molecular formula is C16H15FN2O5S. The number of carbonyl (C=O) groups is 1. The second kappa shape index (κ2) is 6.08. The summed E-state index contributed by atoms with van der Waals surface area (Å²) in [5.74, 6) is -2.40. The second-order valence-electron chi connectivity index (χ2n) is 5.85. The predicted molar refractivity (Wildman–Crippen MR) is 87.2 cm³/mol. The topological polar surface area (TPSA) is 105 Å². The maximum Gasteiger partial charge on any atom is 0.287 e. The summed E-state index contributed by atoms with van der Waals surface area (Å²) >= 11 is 0. The Labute approximate surface area is 142 Å².